The second-order valence-corrected chi connectivity index (χ2v) is 12.0. The Morgan fingerprint density at radius 2 is 1.28 bits per heavy atom. The molecule has 3 heterocycles. The molecule has 2 unspecified atom stereocenters. The van der Waals surface area contributed by atoms with Crippen LogP contribution in [0.25, 0.3) is 32.9 Å². The van der Waals surface area contributed by atoms with E-state index in [2.05, 4.69) is 108 Å². The molecule has 224 valence electrons. The van der Waals surface area contributed by atoms with E-state index >= 15 is 0 Å². The number of nitrogens with one attached hydrogen (secondary N) is 1. The molecule has 1 aromatic heterocycles. The van der Waals surface area contributed by atoms with Crippen molar-refractivity contribution in [3.8, 4) is 17.0 Å². The first kappa shape index (κ1) is 27.3. The number of hydrogen-bond donors (Lipinski definition) is 1. The van der Waals surface area contributed by atoms with Crippen LogP contribution in [0.1, 0.15) is 40.9 Å². The third-order valence-electron chi connectivity index (χ3n) is 9.04. The SMILES string of the molecule is c1ccc(C2=NC(c3ccccc3)=NC(c3cccc(-c4nc5ccccc5c5c6c(ccc45)OC(c4ccccc4)N6)c3)C2)cc1. The predicted octanol–water partition coefficient (Wildman–Crippen LogP) is 9.94. The van der Waals surface area contributed by atoms with E-state index in [1.807, 2.05) is 48.5 Å². The lowest BCUT2D eigenvalue weighted by Crippen LogP contribution is -2.17. The molecule has 5 heteroatoms. The van der Waals surface area contributed by atoms with E-state index in [0.717, 1.165) is 78.2 Å². The third kappa shape index (κ3) is 4.93. The number of pyridine rings is 1. The van der Waals surface area contributed by atoms with Crippen molar-refractivity contribution in [2.24, 2.45) is 9.98 Å². The first-order valence-electron chi connectivity index (χ1n) is 16.0. The van der Waals surface area contributed by atoms with Crippen molar-refractivity contribution in [2.45, 2.75) is 18.7 Å². The number of hydrogen-bond acceptors (Lipinski definition) is 5. The normalized spacial score (nSPS) is 17.0. The number of nitrogens with zero attached hydrogens (tertiary/aromatic N) is 3. The highest BCUT2D eigenvalue weighted by atomic mass is 16.5. The van der Waals surface area contributed by atoms with E-state index in [4.69, 9.17) is 19.7 Å². The van der Waals surface area contributed by atoms with Crippen molar-refractivity contribution >= 4 is 38.9 Å². The van der Waals surface area contributed by atoms with Gasteiger partial charge in [0, 0.05) is 39.3 Å². The second-order valence-electron chi connectivity index (χ2n) is 12.0. The lowest BCUT2D eigenvalue weighted by Gasteiger charge is -2.22. The summed E-state index contributed by atoms with van der Waals surface area (Å²) in [6, 6.07) is 52.2. The molecule has 1 N–H and O–H groups in total. The molecule has 9 rings (SSSR count). The molecule has 0 amide bonds. The zero-order chi connectivity index (χ0) is 31.2. The summed E-state index contributed by atoms with van der Waals surface area (Å²) in [5.41, 5.74) is 9.33. The van der Waals surface area contributed by atoms with Gasteiger partial charge in [0.25, 0.3) is 0 Å². The Kier molecular flexibility index (Phi) is 6.60. The van der Waals surface area contributed by atoms with Crippen LogP contribution in [0.15, 0.2) is 162 Å². The number of aromatic nitrogens is 1. The quantitative estimate of drug-likeness (QED) is 0.198. The molecule has 0 aliphatic carbocycles. The molecule has 0 radical (unpaired) electrons. The van der Waals surface area contributed by atoms with E-state index in [1.165, 1.54) is 0 Å². The summed E-state index contributed by atoms with van der Waals surface area (Å²) in [5.74, 6) is 1.61. The van der Waals surface area contributed by atoms with Gasteiger partial charge in [-0.25, -0.2) is 9.98 Å². The van der Waals surface area contributed by atoms with Crippen molar-refractivity contribution in [3.05, 3.63) is 174 Å². The molecule has 5 nitrogen and oxygen atoms in total. The number of anilines is 1. The molecule has 0 spiro atoms. The number of amidine groups is 1. The van der Waals surface area contributed by atoms with Gasteiger partial charge in [0.2, 0.25) is 0 Å². The topological polar surface area (TPSA) is 58.9 Å². The molecule has 2 aliphatic rings. The van der Waals surface area contributed by atoms with Crippen LogP contribution >= 0.6 is 0 Å². The monoisotopic (exact) mass is 606 g/mol. The predicted molar refractivity (Wildman–Crippen MR) is 191 cm³/mol. The van der Waals surface area contributed by atoms with E-state index in [1.54, 1.807) is 0 Å². The highest BCUT2D eigenvalue weighted by Gasteiger charge is 2.28. The fourth-order valence-corrected chi connectivity index (χ4v) is 6.76. The fourth-order valence-electron chi connectivity index (χ4n) is 6.76. The molecule has 0 fully saturated rings. The standard InChI is InChI=1S/C42H30N4O/c1-4-13-27(14-5-1)35-26-36(45-41(44-35)28-15-6-2-7-16-28)30-19-12-20-31(25-30)39-33-23-24-37-40(38(33)32-21-10-11-22-34(32)43-39)46-42(47-37)29-17-8-3-9-18-29/h1-25,36,42,46H,26H2. The molecular formula is C42H30N4O. The lowest BCUT2D eigenvalue weighted by molar-refractivity contribution is 0.260. The molecule has 2 aliphatic heterocycles. The minimum absolute atomic E-state index is 0.0875. The molecule has 0 saturated heterocycles. The van der Waals surface area contributed by atoms with Gasteiger partial charge >= 0.3 is 0 Å². The summed E-state index contributed by atoms with van der Waals surface area (Å²) in [6.07, 6.45) is 0.463. The van der Waals surface area contributed by atoms with Gasteiger partial charge in [-0.05, 0) is 35.4 Å². The maximum atomic E-state index is 6.43. The van der Waals surface area contributed by atoms with Gasteiger partial charge < -0.3 is 10.1 Å². The van der Waals surface area contributed by atoms with Crippen LogP contribution in [-0.2, 0) is 0 Å². The highest BCUT2D eigenvalue weighted by molar-refractivity contribution is 6.18. The van der Waals surface area contributed by atoms with Gasteiger partial charge in [-0.3, -0.25) is 4.99 Å². The van der Waals surface area contributed by atoms with Crippen molar-refractivity contribution in [2.75, 3.05) is 5.32 Å². The molecule has 6 aromatic carbocycles. The number of ether oxygens (including phenoxy) is 1. The summed E-state index contributed by atoms with van der Waals surface area (Å²) >= 11 is 0. The van der Waals surface area contributed by atoms with Crippen molar-refractivity contribution in [3.63, 3.8) is 0 Å². The van der Waals surface area contributed by atoms with Crippen LogP contribution in [0.4, 0.5) is 5.69 Å². The van der Waals surface area contributed by atoms with Crippen molar-refractivity contribution < 1.29 is 4.74 Å². The summed E-state index contributed by atoms with van der Waals surface area (Å²) in [7, 11) is 0. The number of fused-ring (bicyclic) bond motifs is 5. The summed E-state index contributed by atoms with van der Waals surface area (Å²) in [6.45, 7) is 0. The van der Waals surface area contributed by atoms with Crippen LogP contribution in [-0.4, -0.2) is 16.5 Å². The Morgan fingerprint density at radius 1 is 0.596 bits per heavy atom. The van der Waals surface area contributed by atoms with Crippen LogP contribution in [0.2, 0.25) is 0 Å². The number of rotatable bonds is 5. The first-order chi connectivity index (χ1) is 23.3. The lowest BCUT2D eigenvalue weighted by atomic mass is 9.93. The minimum Gasteiger partial charge on any atom is -0.464 e. The average Bonchev–Trinajstić information content (AvgIpc) is 3.60. The van der Waals surface area contributed by atoms with Gasteiger partial charge in [-0.2, -0.15) is 0 Å². The van der Waals surface area contributed by atoms with Crippen LogP contribution in [0.3, 0.4) is 0 Å². The molecular weight excluding hydrogens is 576 g/mol. The molecule has 47 heavy (non-hydrogen) atoms. The fraction of sp³-hybridized carbons (Fsp3) is 0.0714. The molecule has 0 saturated carbocycles. The van der Waals surface area contributed by atoms with Gasteiger partial charge in [-0.1, -0.05) is 127 Å². The third-order valence-corrected chi connectivity index (χ3v) is 9.04. The van der Waals surface area contributed by atoms with Gasteiger partial charge in [0.1, 0.15) is 5.75 Å². The van der Waals surface area contributed by atoms with Crippen LogP contribution in [0.5, 0.6) is 5.75 Å². The van der Waals surface area contributed by atoms with Crippen LogP contribution in [0, 0.1) is 0 Å². The van der Waals surface area contributed by atoms with Crippen molar-refractivity contribution in [1.29, 1.82) is 0 Å². The Balaban J connectivity index is 1.16. The number of benzene rings is 6. The smallest absolute Gasteiger partial charge is 0.196 e. The van der Waals surface area contributed by atoms with E-state index in [-0.39, 0.29) is 12.3 Å². The minimum atomic E-state index is -0.251. The number of para-hydroxylation sites is 1. The Bertz CT molecular complexity index is 2330. The second kappa shape index (κ2) is 11.4. The zero-order valence-corrected chi connectivity index (χ0v) is 25.5. The van der Waals surface area contributed by atoms with Gasteiger partial charge in [0.05, 0.1) is 28.7 Å². The molecule has 7 aromatic rings. The Morgan fingerprint density at radius 3 is 2.09 bits per heavy atom. The summed E-state index contributed by atoms with van der Waals surface area (Å²) in [5, 5.41) is 6.98. The van der Waals surface area contributed by atoms with E-state index in [9.17, 15) is 0 Å². The average molecular weight is 607 g/mol. The molecule has 2 atom stereocenters. The summed E-state index contributed by atoms with van der Waals surface area (Å²) in [4.78, 5) is 15.5. The van der Waals surface area contributed by atoms with E-state index < -0.39 is 0 Å². The molecule has 0 bridgehead atoms. The van der Waals surface area contributed by atoms with Gasteiger partial charge in [-0.15, -0.1) is 0 Å². The van der Waals surface area contributed by atoms with Gasteiger partial charge in [0.15, 0.2) is 12.1 Å². The first-order valence-corrected chi connectivity index (χ1v) is 16.0. The number of aliphatic imine (C=N–C) groups is 2. The van der Waals surface area contributed by atoms with E-state index in [0.29, 0.717) is 6.42 Å². The zero-order valence-electron chi connectivity index (χ0n) is 25.5. The van der Waals surface area contributed by atoms with Crippen LogP contribution < -0.4 is 10.1 Å². The maximum absolute atomic E-state index is 6.43. The Labute approximate surface area is 273 Å². The highest BCUT2D eigenvalue weighted by Crippen LogP contribution is 2.47. The summed E-state index contributed by atoms with van der Waals surface area (Å²) < 4.78 is 6.43. The van der Waals surface area contributed by atoms with Crippen molar-refractivity contribution in [1.82, 2.24) is 4.98 Å². The maximum Gasteiger partial charge on any atom is 0.196 e. The largest absolute Gasteiger partial charge is 0.464 e. The Hall–Kier alpha value is -6.07.